The molecule has 0 saturated heterocycles. The van der Waals surface area contributed by atoms with E-state index < -0.39 is 11.4 Å². The van der Waals surface area contributed by atoms with Crippen molar-refractivity contribution in [3.05, 3.63) is 0 Å². The Morgan fingerprint density at radius 3 is 2.63 bits per heavy atom. The molecule has 2 heteroatoms. The monoisotopic (exact) mass is 268 g/mol. The van der Waals surface area contributed by atoms with Crippen molar-refractivity contribution in [1.82, 2.24) is 0 Å². The molecule has 0 aromatic rings. The van der Waals surface area contributed by atoms with Crippen LogP contribution in [0.1, 0.15) is 85.0 Å². The Hall–Kier alpha value is -0.530. The van der Waals surface area contributed by atoms with Gasteiger partial charge in [0.1, 0.15) is 0 Å². The van der Waals surface area contributed by atoms with E-state index in [2.05, 4.69) is 20.8 Å². The molecule has 19 heavy (non-hydrogen) atoms. The first-order valence-corrected chi connectivity index (χ1v) is 8.31. The van der Waals surface area contributed by atoms with Crippen LogP contribution >= 0.6 is 0 Å². The molecule has 0 bridgehead atoms. The summed E-state index contributed by atoms with van der Waals surface area (Å²) in [5.41, 5.74) is -0.409. The number of hydrogen-bond acceptors (Lipinski definition) is 1. The summed E-state index contributed by atoms with van der Waals surface area (Å²) in [5, 5.41) is 9.77. The van der Waals surface area contributed by atoms with Crippen LogP contribution in [0.15, 0.2) is 0 Å². The van der Waals surface area contributed by atoms with Crippen LogP contribution < -0.4 is 0 Å². The fourth-order valence-electron chi connectivity index (χ4n) is 3.80. The zero-order valence-corrected chi connectivity index (χ0v) is 13.1. The molecule has 0 spiro atoms. The van der Waals surface area contributed by atoms with Gasteiger partial charge in [-0.15, -0.1) is 0 Å². The zero-order valence-electron chi connectivity index (χ0n) is 13.1. The van der Waals surface area contributed by atoms with Crippen LogP contribution in [0.5, 0.6) is 0 Å². The predicted octanol–water partition coefficient (Wildman–Crippen LogP) is 5.26. The average Bonchev–Trinajstić information content (AvgIpc) is 2.43. The average molecular weight is 268 g/mol. The predicted molar refractivity (Wildman–Crippen MR) is 80.2 cm³/mol. The first-order chi connectivity index (χ1) is 9.07. The van der Waals surface area contributed by atoms with Crippen LogP contribution in [0.4, 0.5) is 0 Å². The van der Waals surface area contributed by atoms with E-state index >= 15 is 0 Å². The number of carboxylic acid groups (broad SMARTS) is 1. The van der Waals surface area contributed by atoms with E-state index in [0.29, 0.717) is 11.8 Å². The molecule has 0 radical (unpaired) electrons. The molecule has 0 aromatic carbocycles. The van der Waals surface area contributed by atoms with Gasteiger partial charge >= 0.3 is 5.97 Å². The lowest BCUT2D eigenvalue weighted by Crippen LogP contribution is -2.38. The minimum atomic E-state index is -0.527. The summed E-state index contributed by atoms with van der Waals surface area (Å²) in [6.07, 6.45) is 11.0. The van der Waals surface area contributed by atoms with Gasteiger partial charge in [-0.2, -0.15) is 0 Å². The smallest absolute Gasteiger partial charge is 0.309 e. The molecule has 0 amide bonds. The molecule has 0 heterocycles. The van der Waals surface area contributed by atoms with E-state index in [1.807, 2.05) is 0 Å². The SMILES string of the molecule is CCCCC(CC)CC1(C(=O)O)CCCC(CC)C1. The zero-order chi connectivity index (χ0) is 14.3. The van der Waals surface area contributed by atoms with Gasteiger partial charge in [0, 0.05) is 0 Å². The van der Waals surface area contributed by atoms with Gasteiger partial charge in [-0.05, 0) is 31.1 Å². The second-order valence-corrected chi connectivity index (χ2v) is 6.58. The fraction of sp³-hybridized carbons (Fsp3) is 0.941. The molecule has 1 N–H and O–H groups in total. The molecule has 112 valence electrons. The molecule has 1 rings (SSSR count). The Morgan fingerprint density at radius 2 is 2.11 bits per heavy atom. The Kier molecular flexibility index (Phi) is 6.88. The number of unbranched alkanes of at least 4 members (excludes halogenated alkanes) is 1. The Labute approximate surface area is 119 Å². The van der Waals surface area contributed by atoms with Crippen molar-refractivity contribution in [3.63, 3.8) is 0 Å². The van der Waals surface area contributed by atoms with Crippen LogP contribution in [0, 0.1) is 17.3 Å². The van der Waals surface area contributed by atoms with Crippen molar-refractivity contribution in [1.29, 1.82) is 0 Å². The van der Waals surface area contributed by atoms with Crippen LogP contribution in [0.25, 0.3) is 0 Å². The van der Waals surface area contributed by atoms with E-state index in [1.165, 1.54) is 25.7 Å². The Bertz CT molecular complexity index is 274. The lowest BCUT2D eigenvalue weighted by atomic mass is 9.64. The first-order valence-electron chi connectivity index (χ1n) is 8.31. The largest absolute Gasteiger partial charge is 0.481 e. The summed E-state index contributed by atoms with van der Waals surface area (Å²) >= 11 is 0. The summed E-state index contributed by atoms with van der Waals surface area (Å²) in [7, 11) is 0. The van der Waals surface area contributed by atoms with E-state index in [0.717, 1.165) is 38.5 Å². The molecular formula is C17H32O2. The summed E-state index contributed by atoms with van der Waals surface area (Å²) in [5.74, 6) is 0.709. The number of carboxylic acids is 1. The van der Waals surface area contributed by atoms with Crippen LogP contribution in [-0.2, 0) is 4.79 Å². The van der Waals surface area contributed by atoms with Crippen LogP contribution in [-0.4, -0.2) is 11.1 Å². The van der Waals surface area contributed by atoms with Crippen molar-refractivity contribution < 1.29 is 9.90 Å². The molecule has 1 fully saturated rings. The summed E-state index contributed by atoms with van der Waals surface area (Å²) in [4.78, 5) is 11.9. The van der Waals surface area contributed by atoms with E-state index in [-0.39, 0.29) is 0 Å². The fourth-order valence-corrected chi connectivity index (χ4v) is 3.80. The molecule has 0 aliphatic heterocycles. The highest BCUT2D eigenvalue weighted by atomic mass is 16.4. The number of carbonyl (C=O) groups is 1. The van der Waals surface area contributed by atoms with Gasteiger partial charge in [-0.1, -0.05) is 65.7 Å². The first kappa shape index (κ1) is 16.5. The molecule has 1 aliphatic rings. The molecule has 3 unspecified atom stereocenters. The topological polar surface area (TPSA) is 37.3 Å². The minimum Gasteiger partial charge on any atom is -0.481 e. The van der Waals surface area contributed by atoms with Crippen molar-refractivity contribution >= 4 is 5.97 Å². The van der Waals surface area contributed by atoms with Crippen molar-refractivity contribution in [2.24, 2.45) is 17.3 Å². The summed E-state index contributed by atoms with van der Waals surface area (Å²) in [6.45, 7) is 6.64. The van der Waals surface area contributed by atoms with Crippen LogP contribution in [0.3, 0.4) is 0 Å². The van der Waals surface area contributed by atoms with Gasteiger partial charge in [0.05, 0.1) is 5.41 Å². The highest BCUT2D eigenvalue weighted by Crippen LogP contribution is 2.46. The third-order valence-corrected chi connectivity index (χ3v) is 5.20. The van der Waals surface area contributed by atoms with Gasteiger partial charge in [0.15, 0.2) is 0 Å². The minimum absolute atomic E-state index is 0.409. The third-order valence-electron chi connectivity index (χ3n) is 5.20. The van der Waals surface area contributed by atoms with Crippen molar-refractivity contribution in [3.8, 4) is 0 Å². The van der Waals surface area contributed by atoms with E-state index in [9.17, 15) is 9.90 Å². The second kappa shape index (κ2) is 7.91. The number of hydrogen-bond donors (Lipinski definition) is 1. The Balaban J connectivity index is 2.72. The molecular weight excluding hydrogens is 236 g/mol. The summed E-state index contributed by atoms with van der Waals surface area (Å²) in [6, 6.07) is 0. The van der Waals surface area contributed by atoms with Gasteiger partial charge in [0.25, 0.3) is 0 Å². The normalized spacial score (nSPS) is 29.1. The lowest BCUT2D eigenvalue weighted by molar-refractivity contribution is -0.153. The molecule has 0 aromatic heterocycles. The van der Waals surface area contributed by atoms with E-state index in [4.69, 9.17) is 0 Å². The molecule has 2 nitrogen and oxygen atoms in total. The highest BCUT2D eigenvalue weighted by Gasteiger charge is 2.43. The molecule has 1 aliphatic carbocycles. The number of rotatable bonds is 8. The third kappa shape index (κ3) is 4.50. The van der Waals surface area contributed by atoms with Crippen molar-refractivity contribution in [2.75, 3.05) is 0 Å². The van der Waals surface area contributed by atoms with Crippen molar-refractivity contribution in [2.45, 2.75) is 85.0 Å². The highest BCUT2D eigenvalue weighted by molar-refractivity contribution is 5.74. The number of aliphatic carboxylic acids is 1. The van der Waals surface area contributed by atoms with Gasteiger partial charge in [-0.3, -0.25) is 4.79 Å². The second-order valence-electron chi connectivity index (χ2n) is 6.58. The van der Waals surface area contributed by atoms with E-state index in [1.54, 1.807) is 0 Å². The quantitative estimate of drug-likeness (QED) is 0.651. The lowest BCUT2D eigenvalue weighted by Gasteiger charge is -2.39. The standard InChI is InChI=1S/C17H32O2/c1-4-7-9-14(5-2)12-17(16(18)19)11-8-10-15(6-3)13-17/h14-15H,4-13H2,1-3H3,(H,18,19). The van der Waals surface area contributed by atoms with Gasteiger partial charge in [-0.25, -0.2) is 0 Å². The summed E-state index contributed by atoms with van der Waals surface area (Å²) < 4.78 is 0. The molecule has 1 saturated carbocycles. The van der Waals surface area contributed by atoms with Crippen LogP contribution in [0.2, 0.25) is 0 Å². The van der Waals surface area contributed by atoms with Gasteiger partial charge in [0.2, 0.25) is 0 Å². The molecule has 3 atom stereocenters. The maximum atomic E-state index is 11.9. The Morgan fingerprint density at radius 1 is 1.37 bits per heavy atom. The maximum Gasteiger partial charge on any atom is 0.309 e. The maximum absolute atomic E-state index is 11.9. The van der Waals surface area contributed by atoms with Gasteiger partial charge < -0.3 is 5.11 Å².